The van der Waals surface area contributed by atoms with E-state index in [-0.39, 0.29) is 33.6 Å². The fourth-order valence-electron chi connectivity index (χ4n) is 2.41. The van der Waals surface area contributed by atoms with Crippen molar-refractivity contribution in [2.45, 2.75) is 13.8 Å². The summed E-state index contributed by atoms with van der Waals surface area (Å²) >= 11 is 0. The second kappa shape index (κ2) is 6.92. The fourth-order valence-corrected chi connectivity index (χ4v) is 2.41. The summed E-state index contributed by atoms with van der Waals surface area (Å²) < 4.78 is 15.6. The lowest BCUT2D eigenvalue weighted by Gasteiger charge is -2.08. The molecule has 136 valence electrons. The number of esters is 2. The van der Waals surface area contributed by atoms with Gasteiger partial charge in [-0.2, -0.15) is 0 Å². The average Bonchev–Trinajstić information content (AvgIpc) is 2.61. The monoisotopic (exact) mass is 364 g/mol. The number of benzene rings is 2. The van der Waals surface area contributed by atoms with E-state index in [0.717, 1.165) is 0 Å². The lowest BCUT2D eigenvalue weighted by atomic mass is 10.1. The van der Waals surface area contributed by atoms with Gasteiger partial charge < -0.3 is 13.9 Å². The quantitative estimate of drug-likeness (QED) is 0.229. The maximum Gasteiger partial charge on any atom is 0.344 e. The third kappa shape index (κ3) is 3.64. The van der Waals surface area contributed by atoms with Crippen molar-refractivity contribution < 1.29 is 23.5 Å². The van der Waals surface area contributed by atoms with Crippen LogP contribution in [0.15, 0.2) is 69.9 Å². The molecule has 0 spiro atoms. The van der Waals surface area contributed by atoms with Gasteiger partial charge in [0, 0.05) is 28.0 Å². The molecule has 27 heavy (non-hydrogen) atoms. The van der Waals surface area contributed by atoms with Gasteiger partial charge in [-0.3, -0.25) is 0 Å². The SMILES string of the molecule is C=C(C)C(=O)Oc1ccc2c(c1)oc(=O)c1cc(OC(=O)C(=C)C)ccc12. The number of fused-ring (bicyclic) bond motifs is 3. The van der Waals surface area contributed by atoms with Crippen molar-refractivity contribution in [3.63, 3.8) is 0 Å². The van der Waals surface area contributed by atoms with Gasteiger partial charge in [-0.15, -0.1) is 0 Å². The van der Waals surface area contributed by atoms with Crippen LogP contribution in [-0.4, -0.2) is 11.9 Å². The minimum absolute atomic E-state index is 0.217. The number of carbonyl (C=O) groups excluding carboxylic acids is 2. The van der Waals surface area contributed by atoms with Crippen molar-refractivity contribution in [2.75, 3.05) is 0 Å². The minimum Gasteiger partial charge on any atom is -0.423 e. The number of hydrogen-bond acceptors (Lipinski definition) is 6. The molecule has 0 saturated carbocycles. The minimum atomic E-state index is -0.603. The highest BCUT2D eigenvalue weighted by Gasteiger charge is 2.13. The zero-order chi connectivity index (χ0) is 19.7. The van der Waals surface area contributed by atoms with Crippen molar-refractivity contribution >= 4 is 33.7 Å². The van der Waals surface area contributed by atoms with E-state index >= 15 is 0 Å². The smallest absolute Gasteiger partial charge is 0.344 e. The molecule has 3 aromatic rings. The van der Waals surface area contributed by atoms with Gasteiger partial charge in [-0.25, -0.2) is 14.4 Å². The highest BCUT2D eigenvalue weighted by atomic mass is 16.5. The van der Waals surface area contributed by atoms with Crippen molar-refractivity contribution in [2.24, 2.45) is 0 Å². The summed E-state index contributed by atoms with van der Waals surface area (Å²) in [6.45, 7) is 10.1. The van der Waals surface area contributed by atoms with Gasteiger partial charge in [0.15, 0.2) is 0 Å². The summed E-state index contributed by atoms with van der Waals surface area (Å²) in [5.74, 6) is -0.691. The van der Waals surface area contributed by atoms with Crippen LogP contribution in [0, 0.1) is 0 Å². The molecule has 3 rings (SSSR count). The maximum atomic E-state index is 12.4. The summed E-state index contributed by atoms with van der Waals surface area (Å²) in [4.78, 5) is 35.6. The Hall–Kier alpha value is -3.67. The first-order valence-corrected chi connectivity index (χ1v) is 8.02. The van der Waals surface area contributed by atoms with Crippen molar-refractivity contribution in [3.8, 4) is 11.5 Å². The molecule has 0 amide bonds. The molecule has 0 saturated heterocycles. The van der Waals surface area contributed by atoms with Crippen molar-refractivity contribution in [1.82, 2.24) is 0 Å². The van der Waals surface area contributed by atoms with Gasteiger partial charge >= 0.3 is 17.6 Å². The van der Waals surface area contributed by atoms with Crippen LogP contribution in [0.3, 0.4) is 0 Å². The normalized spacial score (nSPS) is 10.6. The van der Waals surface area contributed by atoms with E-state index in [1.807, 2.05) is 0 Å². The van der Waals surface area contributed by atoms with Crippen molar-refractivity contribution in [3.05, 3.63) is 71.1 Å². The van der Waals surface area contributed by atoms with Crippen LogP contribution in [0.4, 0.5) is 0 Å². The first-order chi connectivity index (χ1) is 12.8. The highest BCUT2D eigenvalue weighted by molar-refractivity contribution is 6.05. The topological polar surface area (TPSA) is 82.8 Å². The molecular formula is C21H16O6. The standard InChI is InChI=1S/C21H16O6/c1-11(2)19(22)25-13-5-7-15-16-8-6-14(26-20(23)12(3)4)10-18(16)27-21(24)17(15)9-13/h5-10H,1,3H2,2,4H3. The number of hydrogen-bond donors (Lipinski definition) is 0. The summed E-state index contributed by atoms with van der Waals surface area (Å²) in [6.07, 6.45) is 0. The van der Waals surface area contributed by atoms with Crippen LogP contribution < -0.4 is 15.1 Å². The molecule has 0 unspecified atom stereocenters. The van der Waals surface area contributed by atoms with E-state index in [1.54, 1.807) is 24.3 Å². The van der Waals surface area contributed by atoms with Crippen molar-refractivity contribution in [1.29, 1.82) is 0 Å². The lowest BCUT2D eigenvalue weighted by Crippen LogP contribution is -2.09. The Bertz CT molecular complexity index is 1180. The molecule has 6 heteroatoms. The second-order valence-electron chi connectivity index (χ2n) is 6.09. The Morgan fingerprint density at radius 1 is 0.815 bits per heavy atom. The van der Waals surface area contributed by atoms with Gasteiger partial charge in [0.2, 0.25) is 0 Å². The third-order valence-corrected chi connectivity index (χ3v) is 3.77. The van der Waals surface area contributed by atoms with Crippen LogP contribution in [0.1, 0.15) is 13.8 Å². The predicted octanol–water partition coefficient (Wildman–Crippen LogP) is 3.91. The molecule has 6 nitrogen and oxygen atoms in total. The number of ether oxygens (including phenoxy) is 2. The van der Waals surface area contributed by atoms with Crippen LogP contribution >= 0.6 is 0 Å². The molecule has 0 bridgehead atoms. The Kier molecular flexibility index (Phi) is 4.64. The van der Waals surface area contributed by atoms with Gasteiger partial charge in [-0.1, -0.05) is 13.2 Å². The van der Waals surface area contributed by atoms with Crippen LogP contribution in [0.25, 0.3) is 21.7 Å². The Balaban J connectivity index is 2.07. The molecule has 2 aromatic carbocycles. The molecule has 1 aromatic heterocycles. The largest absolute Gasteiger partial charge is 0.423 e. The Morgan fingerprint density at radius 3 is 1.89 bits per heavy atom. The van der Waals surface area contributed by atoms with E-state index in [1.165, 1.54) is 26.0 Å². The first kappa shape index (κ1) is 18.1. The zero-order valence-electron chi connectivity index (χ0n) is 14.8. The summed E-state index contributed by atoms with van der Waals surface area (Å²) in [5.41, 5.74) is 0.171. The predicted molar refractivity (Wildman–Crippen MR) is 101 cm³/mol. The van der Waals surface area contributed by atoms with Gasteiger partial charge in [-0.05, 0) is 44.2 Å². The number of rotatable bonds is 4. The summed E-state index contributed by atoms with van der Waals surface area (Å²) in [6, 6.07) is 9.42. The first-order valence-electron chi connectivity index (χ1n) is 8.02. The molecule has 0 atom stereocenters. The lowest BCUT2D eigenvalue weighted by molar-refractivity contribution is -0.130. The number of carbonyl (C=O) groups is 2. The van der Waals surface area contributed by atoms with Gasteiger partial charge in [0.05, 0.1) is 5.39 Å². The molecule has 0 fully saturated rings. The Morgan fingerprint density at radius 2 is 1.33 bits per heavy atom. The van der Waals surface area contributed by atoms with E-state index < -0.39 is 17.6 Å². The van der Waals surface area contributed by atoms with E-state index in [2.05, 4.69) is 13.2 Å². The molecule has 0 aliphatic carbocycles. The van der Waals surface area contributed by atoms with E-state index in [4.69, 9.17) is 13.9 Å². The molecule has 0 N–H and O–H groups in total. The molecule has 0 aliphatic heterocycles. The van der Waals surface area contributed by atoms with Crippen LogP contribution in [-0.2, 0) is 9.59 Å². The van der Waals surface area contributed by atoms with Gasteiger partial charge in [0.1, 0.15) is 17.1 Å². The highest BCUT2D eigenvalue weighted by Crippen LogP contribution is 2.29. The third-order valence-electron chi connectivity index (χ3n) is 3.77. The molecule has 0 radical (unpaired) electrons. The average molecular weight is 364 g/mol. The van der Waals surface area contributed by atoms with Crippen LogP contribution in [0.5, 0.6) is 11.5 Å². The summed E-state index contributed by atoms with van der Waals surface area (Å²) in [5, 5.41) is 1.54. The fraction of sp³-hybridized carbons (Fsp3) is 0.0952. The Labute approximate surface area is 154 Å². The zero-order valence-corrected chi connectivity index (χ0v) is 14.8. The second-order valence-corrected chi connectivity index (χ2v) is 6.09. The van der Waals surface area contributed by atoms with E-state index in [0.29, 0.717) is 10.8 Å². The molecule has 0 aliphatic rings. The van der Waals surface area contributed by atoms with E-state index in [9.17, 15) is 14.4 Å². The van der Waals surface area contributed by atoms with Gasteiger partial charge in [0.25, 0.3) is 0 Å². The molecule has 1 heterocycles. The molecular weight excluding hydrogens is 348 g/mol. The maximum absolute atomic E-state index is 12.4. The van der Waals surface area contributed by atoms with Crippen LogP contribution in [0.2, 0.25) is 0 Å². The summed E-state index contributed by atoms with van der Waals surface area (Å²) in [7, 11) is 0.